The van der Waals surface area contributed by atoms with Gasteiger partial charge in [0.1, 0.15) is 11.6 Å². The third-order valence-corrected chi connectivity index (χ3v) is 3.39. The van der Waals surface area contributed by atoms with Crippen LogP contribution in [0.1, 0.15) is 24.2 Å². The molecule has 1 nitrogen and oxygen atoms in total. The molecule has 0 fully saturated rings. The number of carbonyl (C=O) groups excluding carboxylic acids is 1. The Kier molecular flexibility index (Phi) is 3.50. The number of ketones is 1. The highest BCUT2D eigenvalue weighted by Crippen LogP contribution is 2.26. The fourth-order valence-electron chi connectivity index (χ4n) is 1.13. The minimum Gasteiger partial charge on any atom is -0.293 e. The average molecular weight is 230 g/mol. The molecule has 0 aromatic heterocycles. The monoisotopic (exact) mass is 230 g/mol. The highest BCUT2D eigenvalue weighted by atomic mass is 32.2. The van der Waals surface area contributed by atoms with Crippen molar-refractivity contribution in [2.24, 2.45) is 0 Å². The maximum absolute atomic E-state index is 12.9. The third-order valence-electron chi connectivity index (χ3n) is 2.18. The van der Waals surface area contributed by atoms with Gasteiger partial charge in [-0.3, -0.25) is 4.79 Å². The van der Waals surface area contributed by atoms with Crippen LogP contribution in [0.2, 0.25) is 0 Å². The summed E-state index contributed by atoms with van der Waals surface area (Å²) in [6, 6.07) is 2.87. The van der Waals surface area contributed by atoms with Crippen molar-refractivity contribution in [3.05, 3.63) is 35.4 Å². The van der Waals surface area contributed by atoms with Crippen LogP contribution in [0.4, 0.5) is 8.78 Å². The predicted octanol–water partition coefficient (Wildman–Crippen LogP) is 3.29. The number of halogens is 2. The van der Waals surface area contributed by atoms with Gasteiger partial charge >= 0.3 is 0 Å². The molecule has 0 aliphatic carbocycles. The van der Waals surface area contributed by atoms with E-state index in [-0.39, 0.29) is 11.3 Å². The number of hydrogen-bond donors (Lipinski definition) is 0. The van der Waals surface area contributed by atoms with Crippen molar-refractivity contribution >= 4 is 17.5 Å². The Hall–Kier alpha value is -0.900. The zero-order valence-electron chi connectivity index (χ0n) is 8.80. The molecule has 1 rings (SSSR count). The smallest absolute Gasteiger partial charge is 0.178 e. The first-order chi connectivity index (χ1) is 6.86. The van der Waals surface area contributed by atoms with Gasteiger partial charge in [-0.25, -0.2) is 8.78 Å². The van der Waals surface area contributed by atoms with Crippen molar-refractivity contribution in [1.82, 2.24) is 0 Å². The lowest BCUT2D eigenvalue weighted by Crippen LogP contribution is -2.27. The van der Waals surface area contributed by atoms with Gasteiger partial charge in [-0.2, -0.15) is 11.8 Å². The van der Waals surface area contributed by atoms with Crippen molar-refractivity contribution in [3.8, 4) is 0 Å². The molecule has 0 spiro atoms. The number of rotatable bonds is 3. The van der Waals surface area contributed by atoms with Crippen molar-refractivity contribution in [2.75, 3.05) is 6.26 Å². The zero-order chi connectivity index (χ0) is 11.6. The van der Waals surface area contributed by atoms with E-state index in [2.05, 4.69) is 0 Å². The number of hydrogen-bond acceptors (Lipinski definition) is 2. The Morgan fingerprint density at radius 3 is 2.07 bits per heavy atom. The lowest BCUT2D eigenvalue weighted by Gasteiger charge is -2.20. The number of benzene rings is 1. The van der Waals surface area contributed by atoms with Gasteiger partial charge in [0.25, 0.3) is 0 Å². The molecule has 82 valence electrons. The fourth-order valence-corrected chi connectivity index (χ4v) is 1.43. The number of Topliss-reactive ketones (excluding diaryl/α,β-unsaturated/α-hetero) is 1. The summed E-state index contributed by atoms with van der Waals surface area (Å²) < 4.78 is 25.1. The molecule has 1 aromatic carbocycles. The van der Waals surface area contributed by atoms with E-state index in [9.17, 15) is 13.6 Å². The Morgan fingerprint density at radius 2 is 1.67 bits per heavy atom. The number of carbonyl (C=O) groups is 1. The van der Waals surface area contributed by atoms with E-state index >= 15 is 0 Å². The third kappa shape index (κ3) is 2.78. The van der Waals surface area contributed by atoms with Gasteiger partial charge in [-0.15, -0.1) is 0 Å². The lowest BCUT2D eigenvalue weighted by atomic mass is 10.00. The first kappa shape index (κ1) is 12.2. The Labute approximate surface area is 91.9 Å². The summed E-state index contributed by atoms with van der Waals surface area (Å²) in [5.41, 5.74) is 0.0758. The van der Waals surface area contributed by atoms with Gasteiger partial charge in [-0.05, 0) is 32.2 Å². The molecule has 15 heavy (non-hydrogen) atoms. The van der Waals surface area contributed by atoms with Crippen molar-refractivity contribution < 1.29 is 13.6 Å². The summed E-state index contributed by atoms with van der Waals surface area (Å²) in [5.74, 6) is -1.72. The molecular weight excluding hydrogens is 218 g/mol. The van der Waals surface area contributed by atoms with E-state index < -0.39 is 16.4 Å². The first-order valence-electron chi connectivity index (χ1n) is 4.43. The molecule has 0 saturated carbocycles. The summed E-state index contributed by atoms with van der Waals surface area (Å²) >= 11 is 1.35. The average Bonchev–Trinajstić information content (AvgIpc) is 2.15. The van der Waals surface area contributed by atoms with Gasteiger partial charge in [0.05, 0.1) is 4.75 Å². The molecule has 0 atom stereocenters. The van der Waals surface area contributed by atoms with Crippen LogP contribution in [-0.4, -0.2) is 16.8 Å². The molecule has 0 bridgehead atoms. The molecule has 0 saturated heterocycles. The second-order valence-corrected chi connectivity index (χ2v) is 5.13. The van der Waals surface area contributed by atoms with Gasteiger partial charge in [0.2, 0.25) is 0 Å². The highest BCUT2D eigenvalue weighted by Gasteiger charge is 2.28. The van der Waals surface area contributed by atoms with E-state index in [1.54, 1.807) is 20.1 Å². The summed E-state index contributed by atoms with van der Waals surface area (Å²) in [5, 5.41) is 0. The van der Waals surface area contributed by atoms with Crippen LogP contribution in [-0.2, 0) is 0 Å². The van der Waals surface area contributed by atoms with Crippen LogP contribution in [0, 0.1) is 11.6 Å². The quantitative estimate of drug-likeness (QED) is 0.741. The van der Waals surface area contributed by atoms with E-state index in [0.29, 0.717) is 0 Å². The molecule has 0 amide bonds. The number of thioether (sulfide) groups is 1. The Bertz CT molecular complexity index is 368. The Balaban J connectivity index is 3.12. The largest absolute Gasteiger partial charge is 0.293 e. The molecule has 4 heteroatoms. The highest BCUT2D eigenvalue weighted by molar-refractivity contribution is 8.00. The minimum atomic E-state index is -0.727. The molecule has 0 radical (unpaired) electrons. The Morgan fingerprint density at radius 1 is 1.20 bits per heavy atom. The maximum atomic E-state index is 12.9. The van der Waals surface area contributed by atoms with Gasteiger partial charge in [0, 0.05) is 11.6 Å². The molecular formula is C11H12F2OS. The fraction of sp³-hybridized carbons (Fsp3) is 0.364. The summed E-state index contributed by atoms with van der Waals surface area (Å²) in [6.07, 6.45) is 1.79. The lowest BCUT2D eigenvalue weighted by molar-refractivity contribution is 0.0957. The second-order valence-electron chi connectivity index (χ2n) is 3.70. The van der Waals surface area contributed by atoms with E-state index in [0.717, 1.165) is 18.2 Å². The molecule has 0 unspecified atom stereocenters. The predicted molar refractivity (Wildman–Crippen MR) is 58.3 cm³/mol. The summed E-state index contributed by atoms with van der Waals surface area (Å²) in [4.78, 5) is 11.8. The van der Waals surface area contributed by atoms with Crippen LogP contribution in [0.15, 0.2) is 18.2 Å². The van der Waals surface area contributed by atoms with Crippen molar-refractivity contribution in [3.63, 3.8) is 0 Å². The van der Waals surface area contributed by atoms with Gasteiger partial charge in [-0.1, -0.05) is 0 Å². The molecule has 0 heterocycles. The SMILES string of the molecule is CSC(C)(C)C(=O)c1cc(F)cc(F)c1. The molecule has 1 aromatic rings. The molecule has 0 aliphatic heterocycles. The van der Waals surface area contributed by atoms with Gasteiger partial charge in [0.15, 0.2) is 5.78 Å². The van der Waals surface area contributed by atoms with Crippen LogP contribution in [0.3, 0.4) is 0 Å². The van der Waals surface area contributed by atoms with E-state index in [1.807, 2.05) is 0 Å². The maximum Gasteiger partial charge on any atom is 0.178 e. The van der Waals surface area contributed by atoms with Crippen LogP contribution >= 0.6 is 11.8 Å². The topological polar surface area (TPSA) is 17.1 Å². The standard InChI is InChI=1S/C11H12F2OS/c1-11(2,15-3)10(14)7-4-8(12)6-9(13)5-7/h4-6H,1-3H3. The zero-order valence-corrected chi connectivity index (χ0v) is 9.62. The molecule has 0 aliphatic rings. The van der Waals surface area contributed by atoms with Crippen LogP contribution < -0.4 is 0 Å². The van der Waals surface area contributed by atoms with E-state index in [4.69, 9.17) is 0 Å². The molecule has 0 N–H and O–H groups in total. The van der Waals surface area contributed by atoms with Gasteiger partial charge < -0.3 is 0 Å². The summed E-state index contributed by atoms with van der Waals surface area (Å²) in [7, 11) is 0. The van der Waals surface area contributed by atoms with Crippen LogP contribution in [0.25, 0.3) is 0 Å². The second kappa shape index (κ2) is 4.31. The van der Waals surface area contributed by atoms with E-state index in [1.165, 1.54) is 11.8 Å². The van der Waals surface area contributed by atoms with Crippen molar-refractivity contribution in [2.45, 2.75) is 18.6 Å². The summed E-state index contributed by atoms with van der Waals surface area (Å²) in [6.45, 7) is 3.45. The van der Waals surface area contributed by atoms with Crippen LogP contribution in [0.5, 0.6) is 0 Å². The van der Waals surface area contributed by atoms with Crippen molar-refractivity contribution in [1.29, 1.82) is 0 Å². The minimum absolute atomic E-state index is 0.0758. The first-order valence-corrected chi connectivity index (χ1v) is 5.65. The normalized spacial score (nSPS) is 11.5.